The quantitative estimate of drug-likeness (QED) is 0.636. The summed E-state index contributed by atoms with van der Waals surface area (Å²) in [5.41, 5.74) is 2.84. The molecule has 0 aliphatic heterocycles. The van der Waals surface area contributed by atoms with E-state index in [9.17, 15) is 9.59 Å². The Hall–Kier alpha value is -1.74. The molecule has 0 aromatic heterocycles. The van der Waals surface area contributed by atoms with Crippen LogP contribution in [0.1, 0.15) is 37.4 Å². The van der Waals surface area contributed by atoms with Crippen molar-refractivity contribution < 1.29 is 9.59 Å². The zero-order chi connectivity index (χ0) is 12.9. The number of aryl methyl sites for hydroxylation is 1. The van der Waals surface area contributed by atoms with Crippen LogP contribution in [0.2, 0.25) is 0 Å². The number of benzene rings is 2. The number of hydrogen-bond acceptors (Lipinski definition) is 2. The number of carbonyl (C=O) groups is 2. The molecule has 2 aromatic carbocycles. The maximum Gasteiger partial charge on any atom is 0.194 e. The maximum absolute atomic E-state index is 12.4. The van der Waals surface area contributed by atoms with Gasteiger partial charge in [0.1, 0.15) is 0 Å². The average molecular weight is 301 g/mol. The second-order valence-corrected chi connectivity index (χ2v) is 5.26. The molecule has 0 atom stereocenters. The summed E-state index contributed by atoms with van der Waals surface area (Å²) >= 11 is 3.37. The van der Waals surface area contributed by atoms with Gasteiger partial charge in [-0.1, -0.05) is 40.2 Å². The predicted octanol–water partition coefficient (Wildman–Crippen LogP) is 3.53. The van der Waals surface area contributed by atoms with Crippen molar-refractivity contribution in [2.75, 3.05) is 0 Å². The third-order valence-electron chi connectivity index (χ3n) is 3.19. The van der Waals surface area contributed by atoms with Gasteiger partial charge in [-0.15, -0.1) is 0 Å². The standard InChI is InChI=1S/C15H9BrO2/c1-8-6-9(16)7-12-13(8)15(18)11-5-3-2-4-10(11)14(12)17/h2-7H,1H3. The van der Waals surface area contributed by atoms with Gasteiger partial charge in [-0.25, -0.2) is 0 Å². The smallest absolute Gasteiger partial charge is 0.194 e. The molecule has 0 spiro atoms. The van der Waals surface area contributed by atoms with Crippen LogP contribution in [0.5, 0.6) is 0 Å². The molecule has 1 aliphatic carbocycles. The van der Waals surface area contributed by atoms with Crippen LogP contribution in [-0.4, -0.2) is 11.6 Å². The van der Waals surface area contributed by atoms with E-state index in [0.717, 1.165) is 10.0 Å². The first-order valence-corrected chi connectivity index (χ1v) is 6.37. The highest BCUT2D eigenvalue weighted by Gasteiger charge is 2.30. The molecular formula is C15H9BrO2. The molecule has 3 heteroatoms. The topological polar surface area (TPSA) is 34.1 Å². The summed E-state index contributed by atoms with van der Waals surface area (Å²) in [4.78, 5) is 24.8. The van der Waals surface area contributed by atoms with E-state index in [-0.39, 0.29) is 11.6 Å². The van der Waals surface area contributed by atoms with Gasteiger partial charge in [0, 0.05) is 26.7 Å². The number of halogens is 1. The van der Waals surface area contributed by atoms with Gasteiger partial charge in [0.25, 0.3) is 0 Å². The maximum atomic E-state index is 12.4. The Kier molecular flexibility index (Phi) is 2.45. The molecule has 0 saturated carbocycles. The van der Waals surface area contributed by atoms with Gasteiger partial charge in [0.2, 0.25) is 0 Å². The van der Waals surface area contributed by atoms with Gasteiger partial charge in [-0.05, 0) is 24.6 Å². The molecule has 0 fully saturated rings. The van der Waals surface area contributed by atoms with Crippen molar-refractivity contribution in [3.8, 4) is 0 Å². The lowest BCUT2D eigenvalue weighted by Crippen LogP contribution is -2.21. The number of fused-ring (bicyclic) bond motifs is 2. The van der Waals surface area contributed by atoms with Gasteiger partial charge in [0.15, 0.2) is 11.6 Å². The zero-order valence-electron chi connectivity index (χ0n) is 9.66. The van der Waals surface area contributed by atoms with Crippen molar-refractivity contribution in [1.82, 2.24) is 0 Å². The number of carbonyl (C=O) groups excluding carboxylic acids is 2. The molecule has 0 radical (unpaired) electrons. The minimum atomic E-state index is -0.0791. The fourth-order valence-electron chi connectivity index (χ4n) is 2.38. The van der Waals surface area contributed by atoms with Gasteiger partial charge in [-0.2, -0.15) is 0 Å². The van der Waals surface area contributed by atoms with Crippen LogP contribution >= 0.6 is 15.9 Å². The van der Waals surface area contributed by atoms with Crippen molar-refractivity contribution in [3.63, 3.8) is 0 Å². The number of hydrogen-bond donors (Lipinski definition) is 0. The Morgan fingerprint density at radius 3 is 2.17 bits per heavy atom. The second kappa shape index (κ2) is 3.89. The molecule has 88 valence electrons. The van der Waals surface area contributed by atoms with Crippen LogP contribution in [-0.2, 0) is 0 Å². The summed E-state index contributed by atoms with van der Waals surface area (Å²) in [5.74, 6) is -0.144. The molecule has 0 N–H and O–H groups in total. The molecule has 3 rings (SSSR count). The van der Waals surface area contributed by atoms with Crippen LogP contribution in [0.3, 0.4) is 0 Å². The summed E-state index contributed by atoms with van der Waals surface area (Å²) in [6.45, 7) is 1.85. The Bertz CT molecular complexity index is 702. The van der Waals surface area contributed by atoms with Crippen molar-refractivity contribution in [2.45, 2.75) is 6.92 Å². The van der Waals surface area contributed by atoms with E-state index in [2.05, 4.69) is 15.9 Å². The number of rotatable bonds is 0. The molecule has 2 aromatic rings. The summed E-state index contributed by atoms with van der Waals surface area (Å²) in [6, 6.07) is 10.5. The van der Waals surface area contributed by atoms with Crippen molar-refractivity contribution in [2.24, 2.45) is 0 Å². The molecule has 0 heterocycles. The fourth-order valence-corrected chi connectivity index (χ4v) is 2.95. The second-order valence-electron chi connectivity index (χ2n) is 4.35. The van der Waals surface area contributed by atoms with Crippen LogP contribution in [0.15, 0.2) is 40.9 Å². The Labute approximate surface area is 113 Å². The van der Waals surface area contributed by atoms with E-state index in [0.29, 0.717) is 22.3 Å². The molecule has 0 saturated heterocycles. The highest BCUT2D eigenvalue weighted by atomic mass is 79.9. The molecule has 18 heavy (non-hydrogen) atoms. The zero-order valence-corrected chi connectivity index (χ0v) is 11.2. The fraction of sp³-hybridized carbons (Fsp3) is 0.0667. The van der Waals surface area contributed by atoms with E-state index in [1.54, 1.807) is 30.3 Å². The van der Waals surface area contributed by atoms with E-state index in [4.69, 9.17) is 0 Å². The SMILES string of the molecule is Cc1cc(Br)cc2c1C(=O)c1ccccc1C2=O. The van der Waals surface area contributed by atoms with Crippen molar-refractivity contribution >= 4 is 27.5 Å². The average Bonchev–Trinajstić information content (AvgIpc) is 2.35. The van der Waals surface area contributed by atoms with Crippen LogP contribution < -0.4 is 0 Å². The summed E-state index contributed by atoms with van der Waals surface area (Å²) < 4.78 is 0.819. The van der Waals surface area contributed by atoms with Gasteiger partial charge >= 0.3 is 0 Å². The molecular weight excluding hydrogens is 292 g/mol. The van der Waals surface area contributed by atoms with Crippen LogP contribution in [0, 0.1) is 6.92 Å². The molecule has 2 nitrogen and oxygen atoms in total. The monoisotopic (exact) mass is 300 g/mol. The highest BCUT2D eigenvalue weighted by molar-refractivity contribution is 9.10. The lowest BCUT2D eigenvalue weighted by Gasteiger charge is -2.19. The summed E-state index contributed by atoms with van der Waals surface area (Å²) in [5, 5.41) is 0. The molecule has 1 aliphatic rings. The van der Waals surface area contributed by atoms with Crippen molar-refractivity contribution in [1.29, 1.82) is 0 Å². The van der Waals surface area contributed by atoms with Gasteiger partial charge in [-0.3, -0.25) is 9.59 Å². The Balaban J connectivity index is 2.37. The van der Waals surface area contributed by atoms with Crippen molar-refractivity contribution in [3.05, 3.63) is 68.7 Å². The first-order chi connectivity index (χ1) is 8.59. The summed E-state index contributed by atoms with van der Waals surface area (Å²) in [6.07, 6.45) is 0. The van der Waals surface area contributed by atoms with Crippen LogP contribution in [0.25, 0.3) is 0 Å². The van der Waals surface area contributed by atoms with Gasteiger partial charge in [0.05, 0.1) is 0 Å². The van der Waals surface area contributed by atoms with E-state index < -0.39 is 0 Å². The first-order valence-electron chi connectivity index (χ1n) is 5.58. The lowest BCUT2D eigenvalue weighted by atomic mass is 9.82. The predicted molar refractivity (Wildman–Crippen MR) is 72.2 cm³/mol. The third-order valence-corrected chi connectivity index (χ3v) is 3.65. The third kappa shape index (κ3) is 1.47. The largest absolute Gasteiger partial charge is 0.289 e. The Morgan fingerprint density at radius 2 is 1.50 bits per heavy atom. The molecule has 0 amide bonds. The molecule has 0 bridgehead atoms. The lowest BCUT2D eigenvalue weighted by molar-refractivity contribution is 0.0978. The van der Waals surface area contributed by atoms with Crippen LogP contribution in [0.4, 0.5) is 0 Å². The number of ketones is 2. The van der Waals surface area contributed by atoms with E-state index >= 15 is 0 Å². The molecule has 0 unspecified atom stereocenters. The van der Waals surface area contributed by atoms with E-state index in [1.807, 2.05) is 13.0 Å². The minimum Gasteiger partial charge on any atom is -0.289 e. The minimum absolute atomic E-state index is 0.0646. The summed E-state index contributed by atoms with van der Waals surface area (Å²) in [7, 11) is 0. The first kappa shape index (κ1) is 11.4. The Morgan fingerprint density at radius 1 is 0.889 bits per heavy atom. The van der Waals surface area contributed by atoms with E-state index in [1.165, 1.54) is 0 Å². The van der Waals surface area contributed by atoms with Gasteiger partial charge < -0.3 is 0 Å². The normalized spacial score (nSPS) is 13.2. The highest BCUT2D eigenvalue weighted by Crippen LogP contribution is 2.31.